The van der Waals surface area contributed by atoms with Crippen LogP contribution in [0.25, 0.3) is 0 Å². The van der Waals surface area contributed by atoms with Crippen LogP contribution in [0.5, 0.6) is 0 Å². The number of aliphatic hydroxyl groups is 1. The van der Waals surface area contributed by atoms with Crippen molar-refractivity contribution in [2.24, 2.45) is 0 Å². The van der Waals surface area contributed by atoms with Gasteiger partial charge >= 0.3 is 0 Å². The van der Waals surface area contributed by atoms with E-state index in [9.17, 15) is 0 Å². The summed E-state index contributed by atoms with van der Waals surface area (Å²) >= 11 is 1.78. The first kappa shape index (κ1) is 10.6. The van der Waals surface area contributed by atoms with Crippen molar-refractivity contribution in [2.45, 2.75) is 25.6 Å². The number of hydrogen-bond donors (Lipinski definition) is 1. The third-order valence-corrected chi connectivity index (χ3v) is 3.05. The molecule has 0 saturated carbocycles. The quantitative estimate of drug-likeness (QED) is 0.778. The molecule has 0 saturated heterocycles. The van der Waals surface area contributed by atoms with Gasteiger partial charge in [-0.1, -0.05) is 6.92 Å². The number of aliphatic hydroxyl groups excluding tert-OH is 1. The Morgan fingerprint density at radius 2 is 2.46 bits per heavy atom. The van der Waals surface area contributed by atoms with Crippen molar-refractivity contribution < 1.29 is 5.11 Å². The van der Waals surface area contributed by atoms with Gasteiger partial charge in [-0.05, 0) is 6.92 Å². The molecule has 0 radical (unpaired) electrons. The fraction of sp³-hybridized carbons (Fsp3) is 0.667. The monoisotopic (exact) mass is 200 g/mol. The van der Waals surface area contributed by atoms with Crippen molar-refractivity contribution in [1.82, 2.24) is 9.55 Å². The Labute approximate surface area is 83.2 Å². The summed E-state index contributed by atoms with van der Waals surface area (Å²) in [5.74, 6) is 2.08. The van der Waals surface area contributed by atoms with Gasteiger partial charge in [-0.25, -0.2) is 4.98 Å². The number of rotatable bonds is 5. The van der Waals surface area contributed by atoms with Crippen LogP contribution in [0.4, 0.5) is 0 Å². The van der Waals surface area contributed by atoms with Crippen LogP contribution in [0.1, 0.15) is 12.7 Å². The molecule has 0 aliphatic carbocycles. The standard InChI is InChI=1S/C9H16N2OS/c1-8(7-12)13-6-5-11-4-3-10-9(11)2/h3-4,8,12H,5-7H2,1-2H3. The van der Waals surface area contributed by atoms with Gasteiger partial charge in [-0.15, -0.1) is 0 Å². The summed E-state index contributed by atoms with van der Waals surface area (Å²) in [4.78, 5) is 4.14. The van der Waals surface area contributed by atoms with E-state index >= 15 is 0 Å². The highest BCUT2D eigenvalue weighted by atomic mass is 32.2. The van der Waals surface area contributed by atoms with E-state index in [0.717, 1.165) is 18.1 Å². The topological polar surface area (TPSA) is 38.0 Å². The van der Waals surface area contributed by atoms with E-state index in [2.05, 4.69) is 9.55 Å². The third kappa shape index (κ3) is 3.40. The van der Waals surface area contributed by atoms with Gasteiger partial charge in [0.15, 0.2) is 0 Å². The zero-order valence-corrected chi connectivity index (χ0v) is 8.92. The van der Waals surface area contributed by atoms with Gasteiger partial charge in [0.2, 0.25) is 0 Å². The highest BCUT2D eigenvalue weighted by Crippen LogP contribution is 2.10. The Bertz CT molecular complexity index is 250. The molecule has 1 heterocycles. The second-order valence-electron chi connectivity index (χ2n) is 3.03. The van der Waals surface area contributed by atoms with Crippen LogP contribution < -0.4 is 0 Å². The fourth-order valence-electron chi connectivity index (χ4n) is 1.04. The molecule has 74 valence electrons. The number of imidazole rings is 1. The average Bonchev–Trinajstić information content (AvgIpc) is 2.52. The van der Waals surface area contributed by atoms with Crippen molar-refractivity contribution in [2.75, 3.05) is 12.4 Å². The maximum absolute atomic E-state index is 8.81. The molecule has 0 bridgehead atoms. The van der Waals surface area contributed by atoms with Crippen molar-refractivity contribution in [3.8, 4) is 0 Å². The van der Waals surface area contributed by atoms with Crippen molar-refractivity contribution >= 4 is 11.8 Å². The molecule has 4 heteroatoms. The van der Waals surface area contributed by atoms with Crippen LogP contribution in [0.15, 0.2) is 12.4 Å². The molecule has 0 fully saturated rings. The molecule has 13 heavy (non-hydrogen) atoms. The Hall–Kier alpha value is -0.480. The highest BCUT2D eigenvalue weighted by molar-refractivity contribution is 7.99. The summed E-state index contributed by atoms with van der Waals surface area (Å²) in [7, 11) is 0. The second kappa shape index (κ2) is 5.29. The van der Waals surface area contributed by atoms with E-state index < -0.39 is 0 Å². The van der Waals surface area contributed by atoms with Crippen LogP contribution >= 0.6 is 11.8 Å². The first-order valence-corrected chi connectivity index (χ1v) is 5.49. The van der Waals surface area contributed by atoms with E-state index in [-0.39, 0.29) is 6.61 Å². The molecule has 0 aromatic carbocycles. The molecule has 0 aliphatic heterocycles. The molecule has 1 aromatic rings. The molecule has 3 nitrogen and oxygen atoms in total. The maximum Gasteiger partial charge on any atom is 0.105 e. The minimum Gasteiger partial charge on any atom is -0.395 e. The predicted octanol–water partition coefficient (Wildman–Crippen LogP) is 1.31. The van der Waals surface area contributed by atoms with Gasteiger partial charge in [0.05, 0.1) is 6.61 Å². The van der Waals surface area contributed by atoms with Crippen LogP contribution in [0.2, 0.25) is 0 Å². The number of nitrogens with zero attached hydrogens (tertiary/aromatic N) is 2. The summed E-state index contributed by atoms with van der Waals surface area (Å²) in [6, 6.07) is 0. The molecule has 1 unspecified atom stereocenters. The summed E-state index contributed by atoms with van der Waals surface area (Å²) in [6.45, 7) is 5.26. The van der Waals surface area contributed by atoms with Crippen LogP contribution in [0.3, 0.4) is 0 Å². The van der Waals surface area contributed by atoms with Gasteiger partial charge in [0, 0.05) is 29.9 Å². The van der Waals surface area contributed by atoms with Crippen molar-refractivity contribution in [3.05, 3.63) is 18.2 Å². The van der Waals surface area contributed by atoms with Gasteiger partial charge in [0.25, 0.3) is 0 Å². The third-order valence-electron chi connectivity index (χ3n) is 1.92. The Kier molecular flexibility index (Phi) is 4.32. The molecule has 0 aliphatic rings. The minimum absolute atomic E-state index is 0.258. The lowest BCUT2D eigenvalue weighted by Gasteiger charge is -2.08. The van der Waals surface area contributed by atoms with Gasteiger partial charge in [-0.2, -0.15) is 11.8 Å². The summed E-state index contributed by atoms with van der Waals surface area (Å²) < 4.78 is 2.12. The van der Waals surface area contributed by atoms with Crippen LogP contribution in [-0.4, -0.2) is 32.3 Å². The number of thioether (sulfide) groups is 1. The van der Waals surface area contributed by atoms with Gasteiger partial charge < -0.3 is 9.67 Å². The van der Waals surface area contributed by atoms with Crippen LogP contribution in [-0.2, 0) is 6.54 Å². The zero-order valence-electron chi connectivity index (χ0n) is 8.10. The molecule has 1 N–H and O–H groups in total. The van der Waals surface area contributed by atoms with E-state index in [1.54, 1.807) is 11.8 Å². The lowest BCUT2D eigenvalue weighted by molar-refractivity contribution is 0.300. The summed E-state index contributed by atoms with van der Waals surface area (Å²) in [5, 5.41) is 9.14. The second-order valence-corrected chi connectivity index (χ2v) is 4.58. The Morgan fingerprint density at radius 1 is 1.69 bits per heavy atom. The van der Waals surface area contributed by atoms with E-state index in [4.69, 9.17) is 5.11 Å². The van der Waals surface area contributed by atoms with Crippen molar-refractivity contribution in [3.63, 3.8) is 0 Å². The van der Waals surface area contributed by atoms with E-state index in [1.807, 2.05) is 26.2 Å². The predicted molar refractivity (Wildman–Crippen MR) is 56.0 cm³/mol. The molecule has 0 spiro atoms. The fourth-order valence-corrected chi connectivity index (χ4v) is 1.85. The van der Waals surface area contributed by atoms with Crippen LogP contribution in [0, 0.1) is 6.92 Å². The smallest absolute Gasteiger partial charge is 0.105 e. The number of aryl methyl sites for hydroxylation is 2. The Balaban J connectivity index is 2.24. The van der Waals surface area contributed by atoms with E-state index in [0.29, 0.717) is 5.25 Å². The summed E-state index contributed by atoms with van der Waals surface area (Å²) in [5.41, 5.74) is 0. The molecule has 1 rings (SSSR count). The first-order valence-electron chi connectivity index (χ1n) is 4.44. The largest absolute Gasteiger partial charge is 0.395 e. The SMILES string of the molecule is Cc1nccn1CCSC(C)CO. The average molecular weight is 200 g/mol. The molecular formula is C9H16N2OS. The lowest BCUT2D eigenvalue weighted by atomic mass is 10.5. The normalized spacial score (nSPS) is 13.2. The minimum atomic E-state index is 0.258. The lowest BCUT2D eigenvalue weighted by Crippen LogP contribution is -2.07. The van der Waals surface area contributed by atoms with E-state index in [1.165, 1.54) is 0 Å². The van der Waals surface area contributed by atoms with Gasteiger partial charge in [0.1, 0.15) is 5.82 Å². The zero-order chi connectivity index (χ0) is 9.68. The first-order chi connectivity index (χ1) is 6.24. The molecule has 1 aromatic heterocycles. The molecule has 0 amide bonds. The van der Waals surface area contributed by atoms with Crippen molar-refractivity contribution in [1.29, 1.82) is 0 Å². The molecule has 1 atom stereocenters. The number of hydrogen-bond acceptors (Lipinski definition) is 3. The number of aromatic nitrogens is 2. The van der Waals surface area contributed by atoms with Gasteiger partial charge in [-0.3, -0.25) is 0 Å². The summed E-state index contributed by atoms with van der Waals surface area (Å²) in [6.07, 6.45) is 3.80. The maximum atomic E-state index is 8.81. The highest BCUT2D eigenvalue weighted by Gasteiger charge is 2.01. The molecular weight excluding hydrogens is 184 g/mol. The Morgan fingerprint density at radius 3 is 3.00 bits per heavy atom.